The fourth-order valence-electron chi connectivity index (χ4n) is 2.73. The van der Waals surface area contributed by atoms with Gasteiger partial charge < -0.3 is 9.94 Å². The number of ether oxygens (including phenoxy) is 1. The monoisotopic (exact) mass is 477 g/mol. The minimum atomic E-state index is -1.50. The molecule has 7 nitrogen and oxygen atoms in total. The van der Waals surface area contributed by atoms with Crippen molar-refractivity contribution >= 4 is 46.4 Å². The largest absolute Gasteiger partial charge is 0.366 e. The average molecular weight is 479 g/mol. The van der Waals surface area contributed by atoms with Crippen LogP contribution in [0.4, 0.5) is 0 Å². The van der Waals surface area contributed by atoms with Crippen LogP contribution in [-0.2, 0) is 10.3 Å². The highest BCUT2D eigenvalue weighted by Crippen LogP contribution is 2.39. The Kier molecular flexibility index (Phi) is 7.73. The van der Waals surface area contributed by atoms with Crippen LogP contribution >= 0.6 is 46.4 Å². The summed E-state index contributed by atoms with van der Waals surface area (Å²) >= 11 is 24.8. The van der Waals surface area contributed by atoms with Gasteiger partial charge in [0.1, 0.15) is 11.4 Å². The Labute approximate surface area is 186 Å². The number of hydrogen-bond donors (Lipinski definition) is 1. The molecule has 0 spiro atoms. The number of aromatic nitrogens is 2. The third-order valence-corrected chi connectivity index (χ3v) is 5.18. The van der Waals surface area contributed by atoms with Crippen molar-refractivity contribution in [2.45, 2.75) is 12.5 Å². The van der Waals surface area contributed by atoms with Gasteiger partial charge in [-0.15, -0.1) is 10.1 Å². The van der Waals surface area contributed by atoms with Gasteiger partial charge in [-0.05, 0) is 37.3 Å². The first-order valence-electron chi connectivity index (χ1n) is 7.93. The van der Waals surface area contributed by atoms with Gasteiger partial charge in [0.2, 0.25) is 0 Å². The Morgan fingerprint density at radius 3 is 2.17 bits per heavy atom. The molecule has 3 rings (SSSR count). The highest BCUT2D eigenvalue weighted by atomic mass is 35.5. The van der Waals surface area contributed by atoms with Gasteiger partial charge in [0.15, 0.2) is 0 Å². The normalized spacial score (nSPS) is 12.6. The topological polar surface area (TPSA) is 90.4 Å². The Hall–Kier alpha value is -2.03. The summed E-state index contributed by atoms with van der Waals surface area (Å²) in [5, 5.41) is 15.8. The van der Waals surface area contributed by atoms with Crippen LogP contribution < -0.4 is 0 Å². The molecule has 29 heavy (non-hydrogen) atoms. The van der Waals surface area contributed by atoms with Gasteiger partial charge in [0.25, 0.3) is 5.09 Å². The SMILES string of the molecule is COC(C)(c1ccc(Cl)cc1Cl)c1nccn1-c1ccc(Cl)cc1Cl.O=[N+]([O-])O. The lowest BCUT2D eigenvalue weighted by molar-refractivity contribution is -0.742. The maximum atomic E-state index is 8.36. The van der Waals surface area contributed by atoms with Crippen molar-refractivity contribution in [1.29, 1.82) is 0 Å². The molecule has 0 bridgehead atoms. The molecule has 1 atom stereocenters. The Morgan fingerprint density at radius 1 is 1.10 bits per heavy atom. The standard InChI is InChI=1S/C18H14Cl4N2O.HNO3/c1-18(25-2,13-5-3-11(19)9-14(13)21)17-23-7-8-24(17)16-6-4-12(20)10-15(16)22;2-1(3)4/h3-10H,1-2H3;(H,2,3,4). The van der Waals surface area contributed by atoms with Crippen LogP contribution in [0, 0.1) is 10.1 Å². The zero-order chi connectivity index (χ0) is 21.8. The maximum absolute atomic E-state index is 8.36. The third-order valence-electron chi connectivity index (χ3n) is 4.09. The number of nitrogens with zero attached hydrogens (tertiary/aromatic N) is 3. The number of halogens is 4. The lowest BCUT2D eigenvalue weighted by atomic mass is 9.94. The van der Waals surface area contributed by atoms with E-state index in [1.807, 2.05) is 29.8 Å². The molecule has 1 aromatic heterocycles. The van der Waals surface area contributed by atoms with E-state index in [1.165, 1.54) is 0 Å². The molecule has 0 radical (unpaired) electrons. The van der Waals surface area contributed by atoms with Crippen LogP contribution in [0.2, 0.25) is 20.1 Å². The second-order valence-electron chi connectivity index (χ2n) is 5.82. The predicted octanol–water partition coefficient (Wildman–Crippen LogP) is 6.05. The van der Waals surface area contributed by atoms with Crippen molar-refractivity contribution < 1.29 is 15.0 Å². The van der Waals surface area contributed by atoms with Crippen molar-refractivity contribution in [3.8, 4) is 5.69 Å². The lowest BCUT2D eigenvalue weighted by Gasteiger charge is -2.30. The van der Waals surface area contributed by atoms with Crippen molar-refractivity contribution in [1.82, 2.24) is 9.55 Å². The third kappa shape index (κ3) is 5.32. The molecule has 0 saturated carbocycles. The number of methoxy groups -OCH3 is 1. The van der Waals surface area contributed by atoms with Crippen LogP contribution in [0.3, 0.4) is 0 Å². The molecule has 0 aliphatic heterocycles. The van der Waals surface area contributed by atoms with Gasteiger partial charge in [-0.3, -0.25) is 4.57 Å². The van der Waals surface area contributed by atoms with E-state index < -0.39 is 10.7 Å². The summed E-state index contributed by atoms with van der Waals surface area (Å²) in [4.78, 5) is 12.9. The summed E-state index contributed by atoms with van der Waals surface area (Å²) in [6, 6.07) is 10.6. The first-order valence-corrected chi connectivity index (χ1v) is 9.44. The number of imidazole rings is 1. The lowest BCUT2D eigenvalue weighted by Crippen LogP contribution is -2.30. The fourth-order valence-corrected chi connectivity index (χ4v) is 3.81. The molecule has 0 fully saturated rings. The summed E-state index contributed by atoms with van der Waals surface area (Å²) in [6.45, 7) is 1.89. The molecule has 11 heteroatoms. The second-order valence-corrected chi connectivity index (χ2v) is 7.50. The Bertz CT molecular complexity index is 1020. The average Bonchev–Trinajstić information content (AvgIpc) is 3.10. The fraction of sp³-hybridized carbons (Fsp3) is 0.167. The summed E-state index contributed by atoms with van der Waals surface area (Å²) < 4.78 is 7.69. The highest BCUT2D eigenvalue weighted by molar-refractivity contribution is 6.36. The predicted molar refractivity (Wildman–Crippen MR) is 112 cm³/mol. The van der Waals surface area contributed by atoms with E-state index in [0.29, 0.717) is 25.9 Å². The summed E-state index contributed by atoms with van der Waals surface area (Å²) in [5.74, 6) is 0.628. The van der Waals surface area contributed by atoms with E-state index in [4.69, 9.17) is 66.5 Å². The van der Waals surface area contributed by atoms with Crippen molar-refractivity contribution in [3.05, 3.63) is 90.4 Å². The first-order chi connectivity index (χ1) is 13.6. The van der Waals surface area contributed by atoms with E-state index in [0.717, 1.165) is 11.3 Å². The van der Waals surface area contributed by atoms with E-state index >= 15 is 0 Å². The van der Waals surface area contributed by atoms with Crippen molar-refractivity contribution in [3.63, 3.8) is 0 Å². The number of benzene rings is 2. The molecule has 154 valence electrons. The van der Waals surface area contributed by atoms with Crippen LogP contribution in [0.1, 0.15) is 18.3 Å². The first kappa shape index (κ1) is 23.3. The molecule has 1 N–H and O–H groups in total. The van der Waals surface area contributed by atoms with E-state index in [9.17, 15) is 0 Å². The quantitative estimate of drug-likeness (QED) is 0.364. The van der Waals surface area contributed by atoms with Gasteiger partial charge in [-0.25, -0.2) is 4.98 Å². The van der Waals surface area contributed by atoms with Crippen molar-refractivity contribution in [2.24, 2.45) is 0 Å². The molecule has 0 aliphatic rings. The molecule has 3 aromatic rings. The second kappa shape index (κ2) is 9.65. The minimum absolute atomic E-state index is 0.494. The summed E-state index contributed by atoms with van der Waals surface area (Å²) in [7, 11) is 1.60. The van der Waals surface area contributed by atoms with Crippen molar-refractivity contribution in [2.75, 3.05) is 7.11 Å². The van der Waals surface area contributed by atoms with Crippen LogP contribution in [0.15, 0.2) is 48.8 Å². The zero-order valence-corrected chi connectivity index (χ0v) is 18.2. The van der Waals surface area contributed by atoms with Gasteiger partial charge in [0.05, 0.1) is 10.7 Å². The number of rotatable bonds is 4. The van der Waals surface area contributed by atoms with Gasteiger partial charge >= 0.3 is 0 Å². The molecular formula is C18H15Cl4N3O4. The van der Waals surface area contributed by atoms with E-state index in [2.05, 4.69) is 4.98 Å². The Morgan fingerprint density at radius 2 is 1.66 bits per heavy atom. The minimum Gasteiger partial charge on any atom is -0.366 e. The molecule has 0 aliphatic carbocycles. The van der Waals surface area contributed by atoms with Crippen LogP contribution in [-0.4, -0.2) is 27.0 Å². The van der Waals surface area contributed by atoms with Gasteiger partial charge in [0, 0.05) is 40.1 Å². The summed E-state index contributed by atoms with van der Waals surface area (Å²) in [5.41, 5.74) is 0.583. The van der Waals surface area contributed by atoms with Gasteiger partial charge in [-0.1, -0.05) is 52.5 Å². The van der Waals surface area contributed by atoms with E-state index in [-0.39, 0.29) is 0 Å². The van der Waals surface area contributed by atoms with Crippen LogP contribution in [0.5, 0.6) is 0 Å². The molecule has 0 amide bonds. The van der Waals surface area contributed by atoms with Crippen LogP contribution in [0.25, 0.3) is 5.69 Å². The molecule has 1 heterocycles. The maximum Gasteiger partial charge on any atom is 0.291 e. The summed E-state index contributed by atoms with van der Waals surface area (Å²) in [6.07, 6.45) is 3.49. The zero-order valence-electron chi connectivity index (χ0n) is 15.1. The molecular weight excluding hydrogens is 464 g/mol. The van der Waals surface area contributed by atoms with E-state index in [1.54, 1.807) is 37.6 Å². The highest BCUT2D eigenvalue weighted by Gasteiger charge is 2.36. The van der Waals surface area contributed by atoms with Gasteiger partial charge in [-0.2, -0.15) is 0 Å². The smallest absolute Gasteiger partial charge is 0.291 e. The Balaban J connectivity index is 0.000000687. The molecule has 0 saturated heterocycles. The molecule has 2 aromatic carbocycles. The number of hydrogen-bond acceptors (Lipinski definition) is 4. The molecule has 1 unspecified atom stereocenters.